The average Bonchev–Trinajstić information content (AvgIpc) is 2.15. The van der Waals surface area contributed by atoms with Crippen LogP contribution in [0.1, 0.15) is 12.5 Å². The van der Waals surface area contributed by atoms with Crippen LogP contribution in [0.2, 0.25) is 10.0 Å². The van der Waals surface area contributed by atoms with E-state index >= 15 is 0 Å². The molecule has 0 atom stereocenters. The topological polar surface area (TPSA) is 21.3 Å². The first kappa shape index (κ1) is 12.6. The minimum absolute atomic E-state index is 0.566. The van der Waals surface area contributed by atoms with Crippen LogP contribution in [0.15, 0.2) is 12.1 Å². The number of rotatable bonds is 5. The minimum atomic E-state index is 0.566. The molecule has 0 fully saturated rings. The molecule has 1 rings (SSSR count). The molecule has 0 aliphatic carbocycles. The van der Waals surface area contributed by atoms with Crippen LogP contribution in [0, 0.1) is 6.92 Å². The first-order chi connectivity index (χ1) is 7.15. The number of hydrogen-bond acceptors (Lipinski definition) is 2. The van der Waals surface area contributed by atoms with E-state index in [1.165, 1.54) is 0 Å². The minimum Gasteiger partial charge on any atom is -0.490 e. The molecule has 0 bridgehead atoms. The van der Waals surface area contributed by atoms with Crippen LogP contribution in [0.25, 0.3) is 0 Å². The Labute approximate surface area is 101 Å². The summed E-state index contributed by atoms with van der Waals surface area (Å²) in [5.41, 5.74) is 0.962. The molecule has 15 heavy (non-hydrogen) atoms. The first-order valence-electron chi connectivity index (χ1n) is 4.94. The fraction of sp³-hybridized carbons (Fsp3) is 0.455. The van der Waals surface area contributed by atoms with Crippen LogP contribution in [0.3, 0.4) is 0 Å². The predicted molar refractivity (Wildman–Crippen MR) is 65.2 cm³/mol. The van der Waals surface area contributed by atoms with Crippen molar-refractivity contribution in [2.24, 2.45) is 0 Å². The Bertz CT molecular complexity index is 305. The molecule has 0 spiro atoms. The van der Waals surface area contributed by atoms with E-state index in [9.17, 15) is 0 Å². The largest absolute Gasteiger partial charge is 0.490 e. The summed E-state index contributed by atoms with van der Waals surface area (Å²) in [6, 6.07) is 3.54. The third-order valence-corrected chi connectivity index (χ3v) is 2.47. The first-order valence-corrected chi connectivity index (χ1v) is 5.70. The van der Waals surface area contributed by atoms with Crippen molar-refractivity contribution in [3.8, 4) is 5.75 Å². The molecular formula is C11H15Cl2NO. The highest BCUT2D eigenvalue weighted by molar-refractivity contribution is 6.35. The van der Waals surface area contributed by atoms with E-state index in [0.29, 0.717) is 16.7 Å². The molecule has 0 radical (unpaired) electrons. The Kier molecular flexibility index (Phi) is 5.23. The van der Waals surface area contributed by atoms with Gasteiger partial charge in [-0.2, -0.15) is 0 Å². The van der Waals surface area contributed by atoms with Gasteiger partial charge in [-0.15, -0.1) is 0 Å². The number of likely N-dealkylation sites (N-methyl/N-ethyl adjacent to an activating group) is 1. The van der Waals surface area contributed by atoms with Crippen molar-refractivity contribution in [1.29, 1.82) is 0 Å². The summed E-state index contributed by atoms with van der Waals surface area (Å²) >= 11 is 11.9. The Morgan fingerprint density at radius 1 is 1.33 bits per heavy atom. The Morgan fingerprint density at radius 2 is 2.07 bits per heavy atom. The second-order valence-electron chi connectivity index (χ2n) is 3.24. The molecule has 0 aliphatic heterocycles. The molecule has 84 valence electrons. The third kappa shape index (κ3) is 3.90. The summed E-state index contributed by atoms with van der Waals surface area (Å²) in [4.78, 5) is 0. The van der Waals surface area contributed by atoms with E-state index < -0.39 is 0 Å². The number of ether oxygens (including phenoxy) is 1. The van der Waals surface area contributed by atoms with Gasteiger partial charge in [-0.05, 0) is 31.2 Å². The van der Waals surface area contributed by atoms with E-state index in [1.807, 2.05) is 13.0 Å². The normalized spacial score (nSPS) is 10.4. The van der Waals surface area contributed by atoms with E-state index in [4.69, 9.17) is 27.9 Å². The summed E-state index contributed by atoms with van der Waals surface area (Å²) < 4.78 is 5.57. The lowest BCUT2D eigenvalue weighted by Crippen LogP contribution is -2.20. The summed E-state index contributed by atoms with van der Waals surface area (Å²) in [6.07, 6.45) is 0. The molecule has 0 saturated carbocycles. The highest BCUT2D eigenvalue weighted by Crippen LogP contribution is 2.31. The molecular weight excluding hydrogens is 233 g/mol. The van der Waals surface area contributed by atoms with Gasteiger partial charge in [0.1, 0.15) is 12.4 Å². The van der Waals surface area contributed by atoms with Gasteiger partial charge >= 0.3 is 0 Å². The van der Waals surface area contributed by atoms with Crippen LogP contribution < -0.4 is 10.1 Å². The summed E-state index contributed by atoms with van der Waals surface area (Å²) in [6.45, 7) is 6.35. The van der Waals surface area contributed by atoms with Gasteiger partial charge in [0.2, 0.25) is 0 Å². The SMILES string of the molecule is CCNCCOc1c(C)cc(Cl)cc1Cl. The number of benzene rings is 1. The van der Waals surface area contributed by atoms with Gasteiger partial charge < -0.3 is 10.1 Å². The molecule has 0 aliphatic rings. The van der Waals surface area contributed by atoms with Gasteiger partial charge in [0.25, 0.3) is 0 Å². The predicted octanol–water partition coefficient (Wildman–Crippen LogP) is 3.29. The van der Waals surface area contributed by atoms with Gasteiger partial charge in [0, 0.05) is 11.6 Å². The van der Waals surface area contributed by atoms with Crippen LogP contribution in [-0.4, -0.2) is 19.7 Å². The molecule has 1 N–H and O–H groups in total. The zero-order valence-electron chi connectivity index (χ0n) is 8.94. The fourth-order valence-corrected chi connectivity index (χ4v) is 1.92. The van der Waals surface area contributed by atoms with Crippen molar-refractivity contribution in [2.45, 2.75) is 13.8 Å². The zero-order valence-corrected chi connectivity index (χ0v) is 10.5. The summed E-state index contributed by atoms with van der Waals surface area (Å²) in [7, 11) is 0. The summed E-state index contributed by atoms with van der Waals surface area (Å²) in [5, 5.41) is 4.38. The fourth-order valence-electron chi connectivity index (χ4n) is 1.27. The van der Waals surface area contributed by atoms with Gasteiger partial charge in [-0.1, -0.05) is 30.1 Å². The molecule has 0 saturated heterocycles. The van der Waals surface area contributed by atoms with Crippen LogP contribution in [-0.2, 0) is 0 Å². The van der Waals surface area contributed by atoms with E-state index in [-0.39, 0.29) is 0 Å². The second kappa shape index (κ2) is 6.21. The van der Waals surface area contributed by atoms with Crippen molar-refractivity contribution >= 4 is 23.2 Å². The highest BCUT2D eigenvalue weighted by atomic mass is 35.5. The van der Waals surface area contributed by atoms with Crippen molar-refractivity contribution in [3.05, 3.63) is 27.7 Å². The van der Waals surface area contributed by atoms with Crippen molar-refractivity contribution in [1.82, 2.24) is 5.32 Å². The molecule has 0 aromatic heterocycles. The number of halogens is 2. The van der Waals surface area contributed by atoms with Gasteiger partial charge in [0.05, 0.1) is 5.02 Å². The zero-order chi connectivity index (χ0) is 11.3. The van der Waals surface area contributed by atoms with Gasteiger partial charge in [-0.25, -0.2) is 0 Å². The average molecular weight is 248 g/mol. The smallest absolute Gasteiger partial charge is 0.140 e. The molecule has 0 heterocycles. The Morgan fingerprint density at radius 3 is 2.67 bits per heavy atom. The van der Waals surface area contributed by atoms with Crippen LogP contribution in [0.4, 0.5) is 0 Å². The monoisotopic (exact) mass is 247 g/mol. The Balaban J connectivity index is 2.60. The van der Waals surface area contributed by atoms with E-state index in [0.717, 1.165) is 24.4 Å². The molecule has 1 aromatic carbocycles. The Hall–Kier alpha value is -0.440. The molecule has 2 nitrogen and oxygen atoms in total. The number of aryl methyl sites for hydroxylation is 1. The lowest BCUT2D eigenvalue weighted by molar-refractivity contribution is 0.313. The quantitative estimate of drug-likeness (QED) is 0.807. The maximum absolute atomic E-state index is 6.02. The van der Waals surface area contributed by atoms with E-state index in [1.54, 1.807) is 6.07 Å². The van der Waals surface area contributed by atoms with Crippen molar-refractivity contribution in [2.75, 3.05) is 19.7 Å². The highest BCUT2D eigenvalue weighted by Gasteiger charge is 2.06. The standard InChI is InChI=1S/C11H15Cl2NO/c1-3-14-4-5-15-11-8(2)6-9(12)7-10(11)13/h6-7,14H,3-5H2,1-2H3. The third-order valence-electron chi connectivity index (χ3n) is 1.97. The molecule has 0 unspecified atom stereocenters. The maximum atomic E-state index is 6.02. The van der Waals surface area contributed by atoms with Gasteiger partial charge in [0.15, 0.2) is 0 Å². The molecule has 4 heteroatoms. The van der Waals surface area contributed by atoms with Gasteiger partial charge in [-0.3, -0.25) is 0 Å². The second-order valence-corrected chi connectivity index (χ2v) is 4.08. The van der Waals surface area contributed by atoms with Crippen molar-refractivity contribution in [3.63, 3.8) is 0 Å². The summed E-state index contributed by atoms with van der Waals surface area (Å²) in [5.74, 6) is 0.721. The number of nitrogens with one attached hydrogen (secondary N) is 1. The maximum Gasteiger partial charge on any atom is 0.140 e. The number of hydrogen-bond donors (Lipinski definition) is 1. The van der Waals surface area contributed by atoms with Crippen LogP contribution in [0.5, 0.6) is 5.75 Å². The molecule has 1 aromatic rings. The van der Waals surface area contributed by atoms with Crippen molar-refractivity contribution < 1.29 is 4.74 Å². The van der Waals surface area contributed by atoms with E-state index in [2.05, 4.69) is 12.2 Å². The lowest BCUT2D eigenvalue weighted by Gasteiger charge is -2.11. The lowest BCUT2D eigenvalue weighted by atomic mass is 10.2. The van der Waals surface area contributed by atoms with Crippen LogP contribution >= 0.6 is 23.2 Å². The molecule has 0 amide bonds.